The summed E-state index contributed by atoms with van der Waals surface area (Å²) >= 11 is 1.32. The van der Waals surface area contributed by atoms with Gasteiger partial charge in [0.15, 0.2) is 5.65 Å². The largest absolute Gasteiger partial charge is 0.480 e. The predicted octanol–water partition coefficient (Wildman–Crippen LogP) is 3.88. The second kappa shape index (κ2) is 5.59. The molecule has 3 rings (SSSR count). The van der Waals surface area contributed by atoms with Gasteiger partial charge in [-0.15, -0.1) is 11.3 Å². The minimum absolute atomic E-state index is 0.0780. The van der Waals surface area contributed by atoms with Gasteiger partial charge in [0.2, 0.25) is 0 Å². The predicted molar refractivity (Wildman–Crippen MR) is 83.0 cm³/mol. The number of aromatic nitrogens is 3. The lowest BCUT2D eigenvalue weighted by Crippen LogP contribution is -2.11. The lowest BCUT2D eigenvalue weighted by Gasteiger charge is -2.10. The first kappa shape index (κ1) is 16.4. The average molecular weight is 355 g/mol. The molecule has 0 fully saturated rings. The molecule has 126 valence electrons. The zero-order chi connectivity index (χ0) is 17.6. The van der Waals surface area contributed by atoms with Gasteiger partial charge in [0, 0.05) is 4.88 Å². The van der Waals surface area contributed by atoms with E-state index in [4.69, 9.17) is 5.11 Å². The highest BCUT2D eigenvalue weighted by atomic mass is 32.1. The number of pyridine rings is 1. The van der Waals surface area contributed by atoms with Crippen LogP contribution in [0.4, 0.5) is 13.2 Å². The summed E-state index contributed by atoms with van der Waals surface area (Å²) in [7, 11) is 0. The summed E-state index contributed by atoms with van der Waals surface area (Å²) in [4.78, 5) is 16.7. The second-order valence-corrected chi connectivity index (χ2v) is 6.59. The zero-order valence-electron chi connectivity index (χ0n) is 12.7. The molecule has 0 aliphatic rings. The number of rotatable bonds is 3. The Balaban J connectivity index is 2.34. The van der Waals surface area contributed by atoms with E-state index in [1.165, 1.54) is 18.3 Å². The van der Waals surface area contributed by atoms with Crippen LogP contribution in [-0.2, 0) is 17.5 Å². The van der Waals surface area contributed by atoms with Crippen molar-refractivity contribution in [1.82, 2.24) is 14.8 Å². The number of carboxylic acid groups (broad SMARTS) is 1. The standard InChI is InChI=1S/C15H12F3N3O2S/c1-7-3-4-11(24-7)10-5-9(15(16,17)18)13-8(2)20-21(6-12(22)23)14(13)19-10/h3-5H,6H2,1-2H3,(H,22,23). The molecule has 3 aromatic rings. The molecule has 0 aliphatic carbocycles. The van der Waals surface area contributed by atoms with E-state index in [-0.39, 0.29) is 22.4 Å². The average Bonchev–Trinajstić information content (AvgIpc) is 3.01. The lowest BCUT2D eigenvalue weighted by atomic mass is 10.1. The number of aliphatic carboxylic acids is 1. The van der Waals surface area contributed by atoms with Crippen molar-refractivity contribution in [2.75, 3.05) is 0 Å². The fourth-order valence-electron chi connectivity index (χ4n) is 2.51. The number of carbonyl (C=O) groups is 1. The third-order valence-electron chi connectivity index (χ3n) is 3.46. The van der Waals surface area contributed by atoms with Crippen molar-refractivity contribution in [3.63, 3.8) is 0 Å². The van der Waals surface area contributed by atoms with Crippen LogP contribution in [0.2, 0.25) is 0 Å². The minimum Gasteiger partial charge on any atom is -0.480 e. The highest BCUT2D eigenvalue weighted by Gasteiger charge is 2.36. The number of aryl methyl sites for hydroxylation is 2. The van der Waals surface area contributed by atoms with Crippen molar-refractivity contribution >= 4 is 28.3 Å². The Morgan fingerprint density at radius 2 is 2.04 bits per heavy atom. The summed E-state index contributed by atoms with van der Waals surface area (Å²) in [5.41, 5.74) is -0.687. The molecular weight excluding hydrogens is 343 g/mol. The molecule has 0 aromatic carbocycles. The molecular formula is C15H12F3N3O2S. The normalized spacial score (nSPS) is 12.0. The van der Waals surface area contributed by atoms with Gasteiger partial charge in [-0.3, -0.25) is 4.79 Å². The molecule has 5 nitrogen and oxygen atoms in total. The minimum atomic E-state index is -4.59. The summed E-state index contributed by atoms with van der Waals surface area (Å²) in [5, 5.41) is 12.7. The highest BCUT2D eigenvalue weighted by molar-refractivity contribution is 7.15. The molecule has 9 heteroatoms. The SMILES string of the molecule is Cc1ccc(-c2cc(C(F)(F)F)c3c(C)nn(CC(=O)O)c3n2)s1. The number of hydrogen-bond donors (Lipinski definition) is 1. The molecule has 0 saturated carbocycles. The van der Waals surface area contributed by atoms with Gasteiger partial charge in [-0.2, -0.15) is 18.3 Å². The van der Waals surface area contributed by atoms with Crippen LogP contribution >= 0.6 is 11.3 Å². The smallest absolute Gasteiger partial charge is 0.417 e. The Labute approximate surface area is 138 Å². The second-order valence-electron chi connectivity index (χ2n) is 5.30. The lowest BCUT2D eigenvalue weighted by molar-refractivity contribution is -0.138. The van der Waals surface area contributed by atoms with Crippen LogP contribution in [0.1, 0.15) is 16.1 Å². The van der Waals surface area contributed by atoms with Gasteiger partial charge in [0.05, 0.1) is 27.2 Å². The molecule has 3 aromatic heterocycles. The van der Waals surface area contributed by atoms with E-state index in [1.54, 1.807) is 12.1 Å². The van der Waals surface area contributed by atoms with Crippen molar-refractivity contribution in [3.8, 4) is 10.6 Å². The number of hydrogen-bond acceptors (Lipinski definition) is 4. The van der Waals surface area contributed by atoms with Crippen LogP contribution in [0.3, 0.4) is 0 Å². The van der Waals surface area contributed by atoms with Gasteiger partial charge < -0.3 is 5.11 Å². The Morgan fingerprint density at radius 3 is 2.58 bits per heavy atom. The molecule has 24 heavy (non-hydrogen) atoms. The van der Waals surface area contributed by atoms with Crippen LogP contribution in [0.5, 0.6) is 0 Å². The van der Waals surface area contributed by atoms with Crippen molar-refractivity contribution in [3.05, 3.63) is 34.3 Å². The number of fused-ring (bicyclic) bond motifs is 1. The number of nitrogens with zero attached hydrogens (tertiary/aromatic N) is 3. The summed E-state index contributed by atoms with van der Waals surface area (Å²) in [5.74, 6) is -1.20. The first-order valence-electron chi connectivity index (χ1n) is 6.91. The summed E-state index contributed by atoms with van der Waals surface area (Å²) in [6, 6.07) is 4.48. The molecule has 0 radical (unpaired) electrons. The Kier molecular flexibility index (Phi) is 3.83. The van der Waals surface area contributed by atoms with Gasteiger partial charge in [0.25, 0.3) is 0 Å². The molecule has 0 saturated heterocycles. The van der Waals surface area contributed by atoms with Gasteiger partial charge in [0.1, 0.15) is 6.54 Å². The van der Waals surface area contributed by atoms with Gasteiger partial charge in [-0.1, -0.05) is 0 Å². The highest BCUT2D eigenvalue weighted by Crippen LogP contribution is 2.39. The summed E-state index contributed by atoms with van der Waals surface area (Å²) < 4.78 is 41.5. The monoisotopic (exact) mass is 355 g/mol. The molecule has 0 atom stereocenters. The van der Waals surface area contributed by atoms with E-state index in [9.17, 15) is 18.0 Å². The van der Waals surface area contributed by atoms with E-state index < -0.39 is 24.3 Å². The number of carboxylic acids is 1. The van der Waals surface area contributed by atoms with Crippen molar-refractivity contribution in [2.24, 2.45) is 0 Å². The van der Waals surface area contributed by atoms with Crippen LogP contribution in [0.15, 0.2) is 18.2 Å². The topological polar surface area (TPSA) is 68.0 Å². The maximum absolute atomic E-state index is 13.5. The first-order valence-corrected chi connectivity index (χ1v) is 7.72. The van der Waals surface area contributed by atoms with Crippen molar-refractivity contribution in [1.29, 1.82) is 0 Å². The zero-order valence-corrected chi connectivity index (χ0v) is 13.5. The van der Waals surface area contributed by atoms with E-state index in [0.717, 1.165) is 15.6 Å². The molecule has 0 aliphatic heterocycles. The molecule has 0 bridgehead atoms. The van der Waals surface area contributed by atoms with Crippen LogP contribution < -0.4 is 0 Å². The van der Waals surface area contributed by atoms with E-state index in [1.807, 2.05) is 6.92 Å². The van der Waals surface area contributed by atoms with Crippen molar-refractivity contribution in [2.45, 2.75) is 26.6 Å². The summed E-state index contributed by atoms with van der Waals surface area (Å²) in [6.07, 6.45) is -4.59. The Morgan fingerprint density at radius 1 is 1.33 bits per heavy atom. The third kappa shape index (κ3) is 2.86. The Bertz CT molecular complexity index is 943. The molecule has 0 spiro atoms. The van der Waals surface area contributed by atoms with Crippen LogP contribution in [0.25, 0.3) is 21.6 Å². The maximum atomic E-state index is 13.5. The first-order chi connectivity index (χ1) is 11.2. The fraction of sp³-hybridized carbons (Fsp3) is 0.267. The third-order valence-corrected chi connectivity index (χ3v) is 4.48. The molecule has 0 amide bonds. The quantitative estimate of drug-likeness (QED) is 0.774. The molecule has 3 heterocycles. The Hall–Kier alpha value is -2.42. The summed E-state index contributed by atoms with van der Waals surface area (Å²) in [6.45, 7) is 2.70. The number of thiophene rings is 1. The van der Waals surface area contributed by atoms with Crippen molar-refractivity contribution < 1.29 is 23.1 Å². The van der Waals surface area contributed by atoms with E-state index >= 15 is 0 Å². The van der Waals surface area contributed by atoms with Gasteiger partial charge in [-0.05, 0) is 32.0 Å². The molecule has 0 unspecified atom stereocenters. The van der Waals surface area contributed by atoms with Gasteiger partial charge >= 0.3 is 12.1 Å². The van der Waals surface area contributed by atoms with E-state index in [0.29, 0.717) is 4.88 Å². The maximum Gasteiger partial charge on any atom is 0.417 e. The number of alkyl halides is 3. The van der Waals surface area contributed by atoms with Crippen LogP contribution in [-0.4, -0.2) is 25.8 Å². The van der Waals surface area contributed by atoms with E-state index in [2.05, 4.69) is 10.1 Å². The van der Waals surface area contributed by atoms with Gasteiger partial charge in [-0.25, -0.2) is 9.67 Å². The molecule has 1 N–H and O–H groups in total. The number of halogens is 3. The van der Waals surface area contributed by atoms with Crippen LogP contribution in [0, 0.1) is 13.8 Å². The fourth-order valence-corrected chi connectivity index (χ4v) is 3.34.